The quantitative estimate of drug-likeness (QED) is 0.594. The Labute approximate surface area is 97.1 Å². The Balaban J connectivity index is 2.74. The SMILES string of the molecule is CCCCc1cn[nH]c1/N=C(/CC)OCC. The van der Waals surface area contributed by atoms with E-state index in [-0.39, 0.29) is 0 Å². The van der Waals surface area contributed by atoms with Gasteiger partial charge in [0.1, 0.15) is 0 Å². The van der Waals surface area contributed by atoms with Crippen LogP contribution in [-0.4, -0.2) is 22.7 Å². The summed E-state index contributed by atoms with van der Waals surface area (Å²) in [4.78, 5) is 4.46. The second-order valence-electron chi connectivity index (χ2n) is 3.64. The summed E-state index contributed by atoms with van der Waals surface area (Å²) in [6, 6.07) is 0. The first-order valence-electron chi connectivity index (χ1n) is 6.04. The molecule has 1 aromatic heterocycles. The van der Waals surface area contributed by atoms with Gasteiger partial charge in [0.15, 0.2) is 11.7 Å². The van der Waals surface area contributed by atoms with Crippen LogP contribution in [0.2, 0.25) is 0 Å². The number of aliphatic imine (C=N–C) groups is 1. The van der Waals surface area contributed by atoms with Crippen LogP contribution in [-0.2, 0) is 11.2 Å². The van der Waals surface area contributed by atoms with Crippen LogP contribution in [0.1, 0.15) is 45.6 Å². The zero-order valence-electron chi connectivity index (χ0n) is 10.4. The maximum Gasteiger partial charge on any atom is 0.189 e. The van der Waals surface area contributed by atoms with Crippen LogP contribution in [0.15, 0.2) is 11.2 Å². The molecule has 0 saturated carbocycles. The summed E-state index contributed by atoms with van der Waals surface area (Å²) in [5.41, 5.74) is 1.17. The number of nitrogens with zero attached hydrogens (tertiary/aromatic N) is 2. The smallest absolute Gasteiger partial charge is 0.189 e. The number of ether oxygens (including phenoxy) is 1. The number of hydrogen-bond donors (Lipinski definition) is 1. The first-order valence-corrected chi connectivity index (χ1v) is 6.04. The Bertz CT molecular complexity index is 331. The second kappa shape index (κ2) is 7.04. The van der Waals surface area contributed by atoms with E-state index in [2.05, 4.69) is 22.1 Å². The van der Waals surface area contributed by atoms with Gasteiger partial charge in [0, 0.05) is 12.0 Å². The first kappa shape index (κ1) is 12.7. The van der Waals surface area contributed by atoms with Gasteiger partial charge in [-0.05, 0) is 19.8 Å². The zero-order valence-corrected chi connectivity index (χ0v) is 10.4. The number of nitrogens with one attached hydrogen (secondary N) is 1. The van der Waals surface area contributed by atoms with Gasteiger partial charge in [-0.25, -0.2) is 0 Å². The van der Waals surface area contributed by atoms with Gasteiger partial charge in [0.05, 0.1) is 12.8 Å². The fraction of sp³-hybridized carbons (Fsp3) is 0.667. The molecule has 0 aliphatic rings. The topological polar surface area (TPSA) is 50.3 Å². The summed E-state index contributed by atoms with van der Waals surface area (Å²) in [7, 11) is 0. The van der Waals surface area contributed by atoms with Gasteiger partial charge in [-0.1, -0.05) is 20.3 Å². The summed E-state index contributed by atoms with van der Waals surface area (Å²) in [5, 5.41) is 6.96. The molecule has 0 amide bonds. The molecular weight excluding hydrogens is 202 g/mol. The number of aromatic amines is 1. The highest BCUT2D eigenvalue weighted by Gasteiger charge is 2.05. The molecule has 0 unspecified atom stereocenters. The summed E-state index contributed by atoms with van der Waals surface area (Å²) in [6.07, 6.45) is 6.03. The lowest BCUT2D eigenvalue weighted by Gasteiger charge is -2.04. The van der Waals surface area contributed by atoms with E-state index >= 15 is 0 Å². The molecule has 0 saturated heterocycles. The number of hydrogen-bond acceptors (Lipinski definition) is 3. The third-order valence-electron chi connectivity index (χ3n) is 2.34. The Morgan fingerprint density at radius 2 is 2.25 bits per heavy atom. The van der Waals surface area contributed by atoms with Crippen LogP contribution >= 0.6 is 0 Å². The number of aryl methyl sites for hydroxylation is 1. The highest BCUT2D eigenvalue weighted by atomic mass is 16.5. The van der Waals surface area contributed by atoms with E-state index in [1.165, 1.54) is 12.0 Å². The molecule has 0 radical (unpaired) electrons. The van der Waals surface area contributed by atoms with E-state index in [0.717, 1.165) is 31.0 Å². The van der Waals surface area contributed by atoms with Crippen molar-refractivity contribution in [2.75, 3.05) is 6.61 Å². The molecule has 0 bridgehead atoms. The molecule has 0 aliphatic carbocycles. The van der Waals surface area contributed by atoms with Crippen LogP contribution in [0, 0.1) is 0 Å². The third kappa shape index (κ3) is 3.68. The van der Waals surface area contributed by atoms with Crippen LogP contribution in [0.5, 0.6) is 0 Å². The minimum absolute atomic E-state index is 0.658. The minimum Gasteiger partial charge on any atom is -0.481 e. The molecule has 0 aromatic carbocycles. The number of unbranched alkanes of at least 4 members (excludes halogenated alkanes) is 1. The van der Waals surface area contributed by atoms with Crippen molar-refractivity contribution in [2.24, 2.45) is 4.99 Å². The van der Waals surface area contributed by atoms with Crippen molar-refractivity contribution >= 4 is 11.7 Å². The highest BCUT2D eigenvalue weighted by Crippen LogP contribution is 2.18. The van der Waals surface area contributed by atoms with Crippen molar-refractivity contribution in [1.29, 1.82) is 0 Å². The molecule has 1 N–H and O–H groups in total. The van der Waals surface area contributed by atoms with Crippen molar-refractivity contribution < 1.29 is 4.74 Å². The van der Waals surface area contributed by atoms with Gasteiger partial charge in [-0.3, -0.25) is 5.10 Å². The molecule has 1 heterocycles. The molecule has 1 aromatic rings. The fourth-order valence-corrected chi connectivity index (χ4v) is 1.46. The first-order chi connectivity index (χ1) is 7.81. The van der Waals surface area contributed by atoms with Crippen molar-refractivity contribution in [1.82, 2.24) is 10.2 Å². The van der Waals surface area contributed by atoms with E-state index in [0.29, 0.717) is 6.61 Å². The molecule has 4 heteroatoms. The van der Waals surface area contributed by atoms with Crippen molar-refractivity contribution in [2.45, 2.75) is 46.5 Å². The normalized spacial score (nSPS) is 11.8. The van der Waals surface area contributed by atoms with E-state index in [4.69, 9.17) is 4.74 Å². The molecule has 4 nitrogen and oxygen atoms in total. The second-order valence-corrected chi connectivity index (χ2v) is 3.64. The van der Waals surface area contributed by atoms with Gasteiger partial charge in [0.25, 0.3) is 0 Å². The predicted octanol–water partition coefficient (Wildman–Crippen LogP) is 3.23. The van der Waals surface area contributed by atoms with Crippen LogP contribution in [0.25, 0.3) is 0 Å². The zero-order chi connectivity index (χ0) is 11.8. The maximum atomic E-state index is 5.43. The average molecular weight is 223 g/mol. The molecule has 0 atom stereocenters. The largest absolute Gasteiger partial charge is 0.481 e. The lowest BCUT2D eigenvalue weighted by atomic mass is 10.1. The summed E-state index contributed by atoms with van der Waals surface area (Å²) >= 11 is 0. The van der Waals surface area contributed by atoms with Gasteiger partial charge in [-0.15, -0.1) is 0 Å². The van der Waals surface area contributed by atoms with Gasteiger partial charge < -0.3 is 4.74 Å². The lowest BCUT2D eigenvalue weighted by molar-refractivity contribution is 0.319. The maximum absolute atomic E-state index is 5.43. The van der Waals surface area contributed by atoms with Crippen LogP contribution in [0.4, 0.5) is 5.82 Å². The van der Waals surface area contributed by atoms with Crippen molar-refractivity contribution in [3.05, 3.63) is 11.8 Å². The standard InChI is InChI=1S/C12H21N3O/c1-4-7-8-10-9-13-15-12(10)14-11(5-2)16-6-3/h9H,4-8H2,1-3H3,(H,13,15)/b14-11-. The number of rotatable bonds is 6. The molecular formula is C12H21N3O. The molecule has 0 fully saturated rings. The van der Waals surface area contributed by atoms with E-state index < -0.39 is 0 Å². The van der Waals surface area contributed by atoms with E-state index in [1.807, 2.05) is 20.0 Å². The monoisotopic (exact) mass is 223 g/mol. The fourth-order valence-electron chi connectivity index (χ4n) is 1.46. The highest BCUT2D eigenvalue weighted by molar-refractivity contribution is 5.78. The molecule has 0 spiro atoms. The van der Waals surface area contributed by atoms with E-state index in [1.54, 1.807) is 0 Å². The van der Waals surface area contributed by atoms with Gasteiger partial charge >= 0.3 is 0 Å². The summed E-state index contributed by atoms with van der Waals surface area (Å²) < 4.78 is 5.43. The number of H-pyrrole nitrogens is 1. The van der Waals surface area contributed by atoms with Gasteiger partial charge in [0.2, 0.25) is 0 Å². The third-order valence-corrected chi connectivity index (χ3v) is 2.34. The Kier molecular flexibility index (Phi) is 5.61. The molecule has 1 rings (SSSR count). The van der Waals surface area contributed by atoms with Crippen molar-refractivity contribution in [3.63, 3.8) is 0 Å². The lowest BCUT2D eigenvalue weighted by Crippen LogP contribution is -2.02. The van der Waals surface area contributed by atoms with Crippen LogP contribution < -0.4 is 0 Å². The Hall–Kier alpha value is -1.32. The minimum atomic E-state index is 0.658. The summed E-state index contributed by atoms with van der Waals surface area (Å²) in [5.74, 6) is 1.61. The average Bonchev–Trinajstić information content (AvgIpc) is 2.73. The summed E-state index contributed by atoms with van der Waals surface area (Å²) in [6.45, 7) is 6.85. The van der Waals surface area contributed by atoms with Crippen LogP contribution in [0.3, 0.4) is 0 Å². The molecule has 90 valence electrons. The van der Waals surface area contributed by atoms with Gasteiger partial charge in [-0.2, -0.15) is 10.1 Å². The molecule has 16 heavy (non-hydrogen) atoms. The number of aromatic nitrogens is 2. The van der Waals surface area contributed by atoms with Crippen molar-refractivity contribution in [3.8, 4) is 0 Å². The Morgan fingerprint density at radius 3 is 2.88 bits per heavy atom. The van der Waals surface area contributed by atoms with E-state index in [9.17, 15) is 0 Å². The molecule has 0 aliphatic heterocycles. The Morgan fingerprint density at radius 1 is 1.44 bits per heavy atom. The predicted molar refractivity (Wildman–Crippen MR) is 66.2 cm³/mol.